The molecule has 0 aliphatic heterocycles. The molecule has 0 heterocycles. The number of hydrogen-bond donors (Lipinski definition) is 1. The molecule has 0 aliphatic carbocycles. The monoisotopic (exact) mass is 299 g/mol. The fourth-order valence-corrected chi connectivity index (χ4v) is 3.05. The molecular formula is C19H25NS. The van der Waals surface area contributed by atoms with Crippen LogP contribution in [0, 0.1) is 0 Å². The van der Waals surface area contributed by atoms with Crippen molar-refractivity contribution in [3.05, 3.63) is 66.2 Å². The fraction of sp³-hybridized carbons (Fsp3) is 0.368. The molecule has 0 bridgehead atoms. The Hall–Kier alpha value is -1.25. The maximum atomic E-state index is 3.68. The van der Waals surface area contributed by atoms with E-state index < -0.39 is 0 Å². The van der Waals surface area contributed by atoms with Gasteiger partial charge in [0.25, 0.3) is 0 Å². The highest BCUT2D eigenvalue weighted by Gasteiger charge is 2.16. The van der Waals surface area contributed by atoms with E-state index in [4.69, 9.17) is 0 Å². The molecule has 0 spiro atoms. The Morgan fingerprint density at radius 1 is 0.905 bits per heavy atom. The molecule has 0 aromatic heterocycles. The lowest BCUT2D eigenvalue weighted by molar-refractivity contribution is 0.373. The van der Waals surface area contributed by atoms with Gasteiger partial charge in [-0.25, -0.2) is 0 Å². The zero-order valence-corrected chi connectivity index (χ0v) is 13.8. The first-order chi connectivity index (χ1) is 10.2. The molecule has 2 aromatic rings. The minimum Gasteiger partial charge on any atom is -0.311 e. The van der Waals surface area contributed by atoms with E-state index in [1.54, 1.807) is 0 Å². The van der Waals surface area contributed by atoms with Crippen molar-refractivity contribution >= 4 is 11.8 Å². The maximum Gasteiger partial charge on any atom is 0.0128 e. The van der Waals surface area contributed by atoms with Crippen molar-refractivity contribution in [3.8, 4) is 0 Å². The van der Waals surface area contributed by atoms with E-state index >= 15 is 0 Å². The number of thioether (sulfide) groups is 1. The molecule has 2 rings (SSSR count). The molecular weight excluding hydrogens is 274 g/mol. The summed E-state index contributed by atoms with van der Waals surface area (Å²) in [5.74, 6) is 1.11. The van der Waals surface area contributed by atoms with E-state index in [0.717, 1.165) is 25.1 Å². The number of nitrogens with one attached hydrogen (secondary N) is 1. The van der Waals surface area contributed by atoms with Crippen LogP contribution in [0.4, 0.5) is 0 Å². The first-order valence-electron chi connectivity index (χ1n) is 7.62. The third kappa shape index (κ3) is 6.36. The van der Waals surface area contributed by atoms with Gasteiger partial charge in [-0.3, -0.25) is 0 Å². The molecule has 0 saturated heterocycles. The summed E-state index contributed by atoms with van der Waals surface area (Å²) in [4.78, 5) is 1.35. The van der Waals surface area contributed by atoms with Gasteiger partial charge in [0.05, 0.1) is 0 Å². The molecule has 1 nitrogen and oxygen atoms in total. The Morgan fingerprint density at radius 3 is 2.19 bits per heavy atom. The van der Waals surface area contributed by atoms with Gasteiger partial charge in [0.15, 0.2) is 0 Å². The Morgan fingerprint density at radius 2 is 1.52 bits per heavy atom. The standard InChI is InChI=1S/C19H25NS/c1-19(2,14-13-17-9-5-3-6-10-17)20-15-16-21-18-11-7-4-8-12-18/h3-12,20H,13-16H2,1-2H3. The minimum atomic E-state index is 0.188. The molecule has 1 N–H and O–H groups in total. The van der Waals surface area contributed by atoms with Gasteiger partial charge in [0.2, 0.25) is 0 Å². The molecule has 0 unspecified atom stereocenters. The molecule has 2 heteroatoms. The molecule has 0 saturated carbocycles. The van der Waals surface area contributed by atoms with E-state index in [9.17, 15) is 0 Å². The Labute approximate surface area is 133 Å². The summed E-state index contributed by atoms with van der Waals surface area (Å²) in [7, 11) is 0. The average molecular weight is 299 g/mol. The lowest BCUT2D eigenvalue weighted by Crippen LogP contribution is -2.40. The van der Waals surface area contributed by atoms with Crippen LogP contribution in [-0.4, -0.2) is 17.8 Å². The summed E-state index contributed by atoms with van der Waals surface area (Å²) in [5, 5.41) is 3.68. The highest BCUT2D eigenvalue weighted by Crippen LogP contribution is 2.17. The summed E-state index contributed by atoms with van der Waals surface area (Å²) in [5.41, 5.74) is 1.61. The zero-order valence-electron chi connectivity index (χ0n) is 13.0. The van der Waals surface area contributed by atoms with Crippen LogP contribution in [-0.2, 0) is 6.42 Å². The highest BCUT2D eigenvalue weighted by molar-refractivity contribution is 7.99. The molecule has 2 aromatic carbocycles. The minimum absolute atomic E-state index is 0.188. The smallest absolute Gasteiger partial charge is 0.0128 e. The van der Waals surface area contributed by atoms with Crippen LogP contribution < -0.4 is 5.32 Å². The number of rotatable bonds is 8. The molecule has 0 atom stereocenters. The Kier molecular flexibility index (Phi) is 6.34. The number of hydrogen-bond acceptors (Lipinski definition) is 2. The van der Waals surface area contributed by atoms with Gasteiger partial charge in [-0.05, 0) is 44.4 Å². The SMILES string of the molecule is CC(C)(CCc1ccccc1)NCCSc1ccccc1. The summed E-state index contributed by atoms with van der Waals surface area (Å²) in [6.07, 6.45) is 2.29. The van der Waals surface area contributed by atoms with Crippen LogP contribution in [0.2, 0.25) is 0 Å². The summed E-state index contributed by atoms with van der Waals surface area (Å²) in [6.45, 7) is 5.63. The molecule has 0 amide bonds. The van der Waals surface area contributed by atoms with Crippen LogP contribution >= 0.6 is 11.8 Å². The first kappa shape index (κ1) is 16.1. The van der Waals surface area contributed by atoms with Gasteiger partial charge in [0.1, 0.15) is 0 Å². The Bertz CT molecular complexity index is 508. The van der Waals surface area contributed by atoms with E-state index in [1.165, 1.54) is 10.5 Å². The normalized spacial score (nSPS) is 11.5. The topological polar surface area (TPSA) is 12.0 Å². The molecule has 112 valence electrons. The first-order valence-corrected chi connectivity index (χ1v) is 8.61. The highest BCUT2D eigenvalue weighted by atomic mass is 32.2. The molecule has 21 heavy (non-hydrogen) atoms. The van der Waals surface area contributed by atoms with Gasteiger partial charge in [-0.15, -0.1) is 11.8 Å². The van der Waals surface area contributed by atoms with Crippen molar-refractivity contribution < 1.29 is 0 Å². The Balaban J connectivity index is 1.66. The average Bonchev–Trinajstić information content (AvgIpc) is 2.52. The van der Waals surface area contributed by atoms with Crippen molar-refractivity contribution in [2.24, 2.45) is 0 Å². The van der Waals surface area contributed by atoms with Gasteiger partial charge in [0, 0.05) is 22.7 Å². The quantitative estimate of drug-likeness (QED) is 0.556. The van der Waals surface area contributed by atoms with Crippen molar-refractivity contribution in [2.45, 2.75) is 37.1 Å². The molecule has 0 radical (unpaired) electrons. The van der Waals surface area contributed by atoms with Gasteiger partial charge in [-0.2, -0.15) is 0 Å². The summed E-state index contributed by atoms with van der Waals surface area (Å²) < 4.78 is 0. The lowest BCUT2D eigenvalue weighted by atomic mass is 9.95. The molecule has 0 fully saturated rings. The number of aryl methyl sites for hydroxylation is 1. The van der Waals surface area contributed by atoms with Crippen molar-refractivity contribution in [1.29, 1.82) is 0 Å². The summed E-state index contributed by atoms with van der Waals surface area (Å²) >= 11 is 1.91. The lowest BCUT2D eigenvalue weighted by Gasteiger charge is -2.26. The summed E-state index contributed by atoms with van der Waals surface area (Å²) in [6, 6.07) is 21.3. The van der Waals surface area contributed by atoms with E-state index in [-0.39, 0.29) is 5.54 Å². The van der Waals surface area contributed by atoms with Gasteiger partial charge >= 0.3 is 0 Å². The predicted octanol–water partition coefficient (Wildman–Crippen LogP) is 4.78. The van der Waals surface area contributed by atoms with Gasteiger partial charge in [-0.1, -0.05) is 48.5 Å². The van der Waals surface area contributed by atoms with E-state index in [0.29, 0.717) is 0 Å². The predicted molar refractivity (Wildman–Crippen MR) is 94.0 cm³/mol. The third-order valence-electron chi connectivity index (χ3n) is 3.60. The largest absolute Gasteiger partial charge is 0.311 e. The van der Waals surface area contributed by atoms with Crippen LogP contribution in [0.1, 0.15) is 25.8 Å². The van der Waals surface area contributed by atoms with Crippen molar-refractivity contribution in [2.75, 3.05) is 12.3 Å². The van der Waals surface area contributed by atoms with Crippen LogP contribution in [0.3, 0.4) is 0 Å². The van der Waals surface area contributed by atoms with Gasteiger partial charge < -0.3 is 5.32 Å². The molecule has 0 aliphatic rings. The third-order valence-corrected chi connectivity index (χ3v) is 4.61. The van der Waals surface area contributed by atoms with Crippen molar-refractivity contribution in [1.82, 2.24) is 5.32 Å². The van der Waals surface area contributed by atoms with Crippen LogP contribution in [0.25, 0.3) is 0 Å². The maximum absolute atomic E-state index is 3.68. The van der Waals surface area contributed by atoms with E-state index in [2.05, 4.69) is 79.8 Å². The fourth-order valence-electron chi connectivity index (χ4n) is 2.26. The second-order valence-corrected chi connectivity index (χ2v) is 7.13. The van der Waals surface area contributed by atoms with Crippen LogP contribution in [0.15, 0.2) is 65.6 Å². The second kappa shape index (κ2) is 8.26. The second-order valence-electron chi connectivity index (χ2n) is 5.96. The number of benzene rings is 2. The van der Waals surface area contributed by atoms with E-state index in [1.807, 2.05) is 11.8 Å². The van der Waals surface area contributed by atoms with Crippen molar-refractivity contribution in [3.63, 3.8) is 0 Å². The van der Waals surface area contributed by atoms with Crippen LogP contribution in [0.5, 0.6) is 0 Å². The zero-order chi connectivity index (χ0) is 15.0.